The number of carboxylic acid groups (broad SMARTS) is 1. The van der Waals surface area contributed by atoms with E-state index in [1.807, 2.05) is 36.1 Å². The first kappa shape index (κ1) is 18.9. The van der Waals surface area contributed by atoms with Crippen LogP contribution in [0.4, 0.5) is 5.69 Å². The number of rotatable bonds is 5. The first-order chi connectivity index (χ1) is 12.2. The number of carbonyl (C=O) groups is 2. The third-order valence-corrected chi connectivity index (χ3v) is 7.56. The molecule has 1 N–H and O–H groups in total. The van der Waals surface area contributed by atoms with Crippen LogP contribution in [0.15, 0.2) is 29.3 Å². The number of thioether (sulfide) groups is 1. The van der Waals surface area contributed by atoms with Crippen LogP contribution in [0, 0.1) is 6.92 Å². The molecule has 2 saturated heterocycles. The lowest BCUT2D eigenvalue weighted by molar-refractivity contribution is -0.137. The van der Waals surface area contributed by atoms with Crippen LogP contribution >= 0.6 is 11.8 Å². The second-order valence-corrected chi connectivity index (χ2v) is 9.91. The summed E-state index contributed by atoms with van der Waals surface area (Å²) in [5.74, 6) is -1.20. The minimum Gasteiger partial charge on any atom is -0.481 e. The van der Waals surface area contributed by atoms with Crippen molar-refractivity contribution in [2.24, 2.45) is 4.99 Å². The summed E-state index contributed by atoms with van der Waals surface area (Å²) in [6, 6.07) is 7.42. The molecule has 0 aliphatic carbocycles. The number of carboxylic acids is 1. The Hall–Kier alpha value is -1.87. The largest absolute Gasteiger partial charge is 0.481 e. The zero-order valence-electron chi connectivity index (χ0n) is 14.3. The number of anilines is 1. The maximum absolute atomic E-state index is 12.1. The fraction of sp³-hybridized carbons (Fsp3) is 0.471. The second-order valence-electron chi connectivity index (χ2n) is 6.54. The lowest BCUT2D eigenvalue weighted by Crippen LogP contribution is -2.37. The van der Waals surface area contributed by atoms with Crippen molar-refractivity contribution in [1.29, 1.82) is 0 Å². The van der Waals surface area contributed by atoms with Gasteiger partial charge >= 0.3 is 5.97 Å². The molecular formula is C17H20N2O5S2. The normalized spacial score (nSPS) is 25.4. The zero-order chi connectivity index (χ0) is 18.9. The third-order valence-electron chi connectivity index (χ3n) is 4.35. The summed E-state index contributed by atoms with van der Waals surface area (Å²) < 4.78 is 24.0. The van der Waals surface area contributed by atoms with Gasteiger partial charge in [0.2, 0.25) is 5.91 Å². The number of nitrogens with zero attached hydrogens (tertiary/aromatic N) is 2. The molecule has 7 nitrogen and oxygen atoms in total. The number of hydrogen-bond acceptors (Lipinski definition) is 5. The van der Waals surface area contributed by atoms with Gasteiger partial charge in [-0.15, -0.1) is 0 Å². The van der Waals surface area contributed by atoms with Gasteiger partial charge in [0, 0.05) is 23.8 Å². The van der Waals surface area contributed by atoms with Crippen molar-refractivity contribution < 1.29 is 23.1 Å². The lowest BCUT2D eigenvalue weighted by Gasteiger charge is -2.24. The van der Waals surface area contributed by atoms with Gasteiger partial charge in [-0.2, -0.15) is 4.99 Å². The zero-order valence-corrected chi connectivity index (χ0v) is 15.9. The van der Waals surface area contributed by atoms with Crippen molar-refractivity contribution in [3.8, 4) is 0 Å². The van der Waals surface area contributed by atoms with Crippen LogP contribution in [0.2, 0.25) is 0 Å². The van der Waals surface area contributed by atoms with E-state index in [1.165, 1.54) is 11.8 Å². The van der Waals surface area contributed by atoms with Gasteiger partial charge in [-0.1, -0.05) is 23.9 Å². The predicted molar refractivity (Wildman–Crippen MR) is 101 cm³/mol. The fourth-order valence-corrected chi connectivity index (χ4v) is 7.13. The number of aliphatic imine (C=N–C) groups is 1. The first-order valence-electron chi connectivity index (χ1n) is 8.31. The molecule has 140 valence electrons. The average Bonchev–Trinajstić information content (AvgIpc) is 2.97. The summed E-state index contributed by atoms with van der Waals surface area (Å²) in [5.41, 5.74) is 1.85. The Morgan fingerprint density at radius 1 is 1.31 bits per heavy atom. The summed E-state index contributed by atoms with van der Waals surface area (Å²) in [6.07, 6.45) is 0.224. The predicted octanol–water partition coefficient (Wildman–Crippen LogP) is 1.85. The van der Waals surface area contributed by atoms with Gasteiger partial charge in [-0.25, -0.2) is 8.42 Å². The molecule has 2 fully saturated rings. The Kier molecular flexibility index (Phi) is 5.38. The van der Waals surface area contributed by atoms with Crippen LogP contribution in [0.25, 0.3) is 0 Å². The Labute approximate surface area is 156 Å². The molecule has 1 aromatic rings. The monoisotopic (exact) mass is 396 g/mol. The van der Waals surface area contributed by atoms with Crippen LogP contribution in [0.1, 0.15) is 24.8 Å². The van der Waals surface area contributed by atoms with Crippen molar-refractivity contribution >= 4 is 44.3 Å². The van der Waals surface area contributed by atoms with Crippen LogP contribution in [0.5, 0.6) is 0 Å². The number of hydrogen-bond donors (Lipinski definition) is 1. The van der Waals surface area contributed by atoms with Gasteiger partial charge in [0.15, 0.2) is 15.0 Å². The fourth-order valence-electron chi connectivity index (χ4n) is 3.20. The number of carbonyl (C=O) groups excluding carboxylic acids is 1. The number of benzene rings is 1. The Morgan fingerprint density at radius 2 is 2.08 bits per heavy atom. The summed E-state index contributed by atoms with van der Waals surface area (Å²) in [5, 5.41) is 9.02. The Bertz CT molecular complexity index is 866. The topological polar surface area (TPSA) is 104 Å². The molecule has 0 unspecified atom stereocenters. The minimum absolute atomic E-state index is 0.0465. The highest BCUT2D eigenvalue weighted by Crippen LogP contribution is 2.41. The number of aryl methyl sites for hydroxylation is 1. The maximum atomic E-state index is 12.1. The van der Waals surface area contributed by atoms with Crippen LogP contribution in [0.3, 0.4) is 0 Å². The molecule has 0 radical (unpaired) electrons. The number of sulfone groups is 1. The molecule has 0 aromatic heterocycles. The van der Waals surface area contributed by atoms with E-state index in [-0.39, 0.29) is 48.0 Å². The first-order valence-corrected chi connectivity index (χ1v) is 11.0. The number of amides is 1. The molecule has 3 rings (SSSR count). The van der Waals surface area contributed by atoms with Crippen molar-refractivity contribution in [2.75, 3.05) is 16.4 Å². The summed E-state index contributed by atoms with van der Waals surface area (Å²) in [7, 11) is -3.10. The van der Waals surface area contributed by atoms with E-state index in [4.69, 9.17) is 5.11 Å². The standard InChI is InChI=1S/C17H20N2O5S2/c1-11-4-2-5-12(8-11)19-13-9-26(23,24)10-14(13)25-17(19)18-15(20)6-3-7-16(21)22/h2,4-5,8,13-14H,3,6-7,9-10H2,1H3,(H,21,22)/t13-,14+/m0/s1. The highest BCUT2D eigenvalue weighted by molar-refractivity contribution is 8.16. The van der Waals surface area contributed by atoms with E-state index in [1.54, 1.807) is 0 Å². The molecule has 2 atom stereocenters. The van der Waals surface area contributed by atoms with Crippen molar-refractivity contribution in [3.63, 3.8) is 0 Å². The summed E-state index contributed by atoms with van der Waals surface area (Å²) in [4.78, 5) is 28.7. The van der Waals surface area contributed by atoms with E-state index in [9.17, 15) is 18.0 Å². The molecule has 2 aliphatic rings. The van der Waals surface area contributed by atoms with E-state index >= 15 is 0 Å². The number of fused-ring (bicyclic) bond motifs is 1. The van der Waals surface area contributed by atoms with Crippen molar-refractivity contribution in [1.82, 2.24) is 0 Å². The molecule has 2 aliphatic heterocycles. The molecule has 1 amide bonds. The maximum Gasteiger partial charge on any atom is 0.303 e. The molecule has 0 bridgehead atoms. The van der Waals surface area contributed by atoms with Crippen LogP contribution in [-0.2, 0) is 19.4 Å². The van der Waals surface area contributed by atoms with Gasteiger partial charge in [-0.05, 0) is 31.0 Å². The molecule has 0 spiro atoms. The molecule has 9 heteroatoms. The highest BCUT2D eigenvalue weighted by Gasteiger charge is 2.49. The summed E-state index contributed by atoms with van der Waals surface area (Å²) in [6.45, 7) is 1.95. The van der Waals surface area contributed by atoms with E-state index in [0.29, 0.717) is 5.17 Å². The van der Waals surface area contributed by atoms with Gasteiger partial charge < -0.3 is 10.0 Å². The molecule has 1 aromatic carbocycles. The quantitative estimate of drug-likeness (QED) is 0.810. The molecule has 26 heavy (non-hydrogen) atoms. The second kappa shape index (κ2) is 7.40. The Balaban J connectivity index is 1.85. The Morgan fingerprint density at radius 3 is 2.77 bits per heavy atom. The van der Waals surface area contributed by atoms with Gasteiger partial charge in [-0.3, -0.25) is 9.59 Å². The van der Waals surface area contributed by atoms with Crippen molar-refractivity contribution in [3.05, 3.63) is 29.8 Å². The number of aliphatic carboxylic acids is 1. The van der Waals surface area contributed by atoms with E-state index in [2.05, 4.69) is 4.99 Å². The van der Waals surface area contributed by atoms with Crippen LogP contribution < -0.4 is 4.90 Å². The highest BCUT2D eigenvalue weighted by atomic mass is 32.2. The van der Waals surface area contributed by atoms with Crippen molar-refractivity contribution in [2.45, 2.75) is 37.5 Å². The van der Waals surface area contributed by atoms with Gasteiger partial charge in [0.1, 0.15) is 0 Å². The smallest absolute Gasteiger partial charge is 0.303 e. The number of amidine groups is 1. The summed E-state index contributed by atoms with van der Waals surface area (Å²) >= 11 is 1.32. The van der Waals surface area contributed by atoms with E-state index < -0.39 is 15.8 Å². The SMILES string of the molecule is Cc1cccc(N2C(=NC(=O)CCCC(=O)O)S[C@@H]3CS(=O)(=O)C[C@@H]32)c1. The minimum atomic E-state index is -3.10. The van der Waals surface area contributed by atoms with Gasteiger partial charge in [0.05, 0.1) is 17.5 Å². The third kappa shape index (κ3) is 4.27. The molecule has 0 saturated carbocycles. The van der Waals surface area contributed by atoms with Gasteiger partial charge in [0.25, 0.3) is 0 Å². The van der Waals surface area contributed by atoms with E-state index in [0.717, 1.165) is 11.3 Å². The van der Waals surface area contributed by atoms with Crippen LogP contribution in [-0.4, -0.2) is 53.4 Å². The average molecular weight is 396 g/mol. The molecular weight excluding hydrogens is 376 g/mol. The molecule has 2 heterocycles. The lowest BCUT2D eigenvalue weighted by atomic mass is 10.1.